The summed E-state index contributed by atoms with van der Waals surface area (Å²) in [4.78, 5) is 0. The molecule has 1 rings (SSSR count). The van der Waals surface area contributed by atoms with Crippen LogP contribution in [0.25, 0.3) is 0 Å². The van der Waals surface area contributed by atoms with Crippen molar-refractivity contribution in [1.82, 2.24) is 0 Å². The van der Waals surface area contributed by atoms with Gasteiger partial charge >= 0.3 is 0 Å². The average Bonchev–Trinajstić information content (AvgIpc) is 2.18. The molecule has 0 aliphatic carbocycles. The molecule has 0 aromatic heterocycles. The lowest BCUT2D eigenvalue weighted by atomic mass is 10.5. The fourth-order valence-electron chi connectivity index (χ4n) is 0.928. The largest absolute Gasteiger partial charge is 0.224 e. The Bertz CT molecular complexity index is 149. The molecule has 1 nitrogen and oxygen atoms in total. The molecule has 0 unspecified atom stereocenters. The van der Waals surface area contributed by atoms with E-state index in [4.69, 9.17) is 0 Å². The third-order valence-electron chi connectivity index (χ3n) is 1.47. The van der Waals surface area contributed by atoms with Crippen LogP contribution in [0.15, 0.2) is 12.7 Å². The number of hydrogen-bond acceptors (Lipinski definition) is 1. The molecule has 0 bridgehead atoms. The Morgan fingerprint density at radius 1 is 1.89 bits per heavy atom. The van der Waals surface area contributed by atoms with Crippen LogP contribution in [0.2, 0.25) is 0 Å². The zero-order chi connectivity index (χ0) is 6.69. The zero-order valence-electron chi connectivity index (χ0n) is 5.76. The predicted octanol–water partition coefficient (Wildman–Crippen LogP) is 1.35. The highest BCUT2D eigenvalue weighted by Crippen LogP contribution is 2.10. The Kier molecular flexibility index (Phi) is 2.34. The normalized spacial score (nSPS) is 18.8. The highest BCUT2D eigenvalue weighted by molar-refractivity contribution is 8.13. The second-order valence-electron chi connectivity index (χ2n) is 2.10. The van der Waals surface area contributed by atoms with Gasteiger partial charge < -0.3 is 0 Å². The van der Waals surface area contributed by atoms with E-state index in [-0.39, 0.29) is 0 Å². The predicted molar refractivity (Wildman–Crippen MR) is 43.3 cm³/mol. The third-order valence-corrected chi connectivity index (χ3v) is 2.53. The van der Waals surface area contributed by atoms with Crippen LogP contribution in [0.4, 0.5) is 0 Å². The van der Waals surface area contributed by atoms with Crippen molar-refractivity contribution in [3.63, 3.8) is 0 Å². The number of thioether (sulfide) groups is 1. The number of hydrogen-bond donors (Lipinski definition) is 0. The molecule has 0 aromatic rings. The van der Waals surface area contributed by atoms with Gasteiger partial charge in [-0.1, -0.05) is 18.3 Å². The number of rotatable bonds is 2. The molecule has 0 N–H and O–H groups in total. The van der Waals surface area contributed by atoms with E-state index < -0.39 is 0 Å². The van der Waals surface area contributed by atoms with E-state index in [0.717, 1.165) is 6.54 Å². The lowest BCUT2D eigenvalue weighted by Gasteiger charge is -1.90. The fraction of sp³-hybridized carbons (Fsp3) is 0.571. The molecule has 0 atom stereocenters. The van der Waals surface area contributed by atoms with E-state index >= 15 is 0 Å². The summed E-state index contributed by atoms with van der Waals surface area (Å²) in [6.07, 6.45) is 1.95. The molecule has 1 heterocycles. The van der Waals surface area contributed by atoms with Crippen molar-refractivity contribution in [2.75, 3.05) is 18.8 Å². The molecule has 0 aromatic carbocycles. The summed E-state index contributed by atoms with van der Waals surface area (Å²) in [7, 11) is 0. The SMILES string of the molecule is C=CC[N+]1=C(C)SCC1. The van der Waals surface area contributed by atoms with Crippen LogP contribution >= 0.6 is 11.8 Å². The molecule has 0 amide bonds. The smallest absolute Gasteiger partial charge is 0.207 e. The first-order valence-corrected chi connectivity index (χ1v) is 4.15. The van der Waals surface area contributed by atoms with Gasteiger partial charge in [-0.2, -0.15) is 0 Å². The summed E-state index contributed by atoms with van der Waals surface area (Å²) in [5.74, 6) is 1.25. The molecule has 0 saturated heterocycles. The van der Waals surface area contributed by atoms with Gasteiger partial charge in [-0.15, -0.1) is 0 Å². The van der Waals surface area contributed by atoms with E-state index in [2.05, 4.69) is 18.1 Å². The first-order chi connectivity index (χ1) is 4.34. The second kappa shape index (κ2) is 3.06. The monoisotopic (exact) mass is 142 g/mol. The van der Waals surface area contributed by atoms with Crippen molar-refractivity contribution < 1.29 is 4.58 Å². The van der Waals surface area contributed by atoms with Gasteiger partial charge in [-0.05, 0) is 6.08 Å². The second-order valence-corrected chi connectivity index (χ2v) is 3.39. The van der Waals surface area contributed by atoms with Crippen LogP contribution in [0, 0.1) is 0 Å². The topological polar surface area (TPSA) is 3.01 Å². The van der Waals surface area contributed by atoms with Gasteiger partial charge in [0.2, 0.25) is 5.04 Å². The summed E-state index contributed by atoms with van der Waals surface area (Å²) >= 11 is 1.94. The molecule has 0 radical (unpaired) electrons. The van der Waals surface area contributed by atoms with Crippen LogP contribution in [0.1, 0.15) is 6.92 Å². The van der Waals surface area contributed by atoms with E-state index in [1.54, 1.807) is 0 Å². The Morgan fingerprint density at radius 3 is 3.11 bits per heavy atom. The Labute approximate surface area is 60.5 Å². The van der Waals surface area contributed by atoms with Crippen molar-refractivity contribution in [2.24, 2.45) is 0 Å². The number of nitrogens with zero attached hydrogens (tertiary/aromatic N) is 1. The third kappa shape index (κ3) is 1.58. The van der Waals surface area contributed by atoms with E-state index in [1.165, 1.54) is 17.3 Å². The molecule has 1 aliphatic rings. The molecule has 50 valence electrons. The van der Waals surface area contributed by atoms with E-state index in [9.17, 15) is 0 Å². The van der Waals surface area contributed by atoms with E-state index in [1.807, 2.05) is 17.8 Å². The van der Waals surface area contributed by atoms with E-state index in [0.29, 0.717) is 0 Å². The minimum atomic E-state index is 1.01. The zero-order valence-corrected chi connectivity index (χ0v) is 6.58. The van der Waals surface area contributed by atoms with Gasteiger partial charge in [0.25, 0.3) is 0 Å². The van der Waals surface area contributed by atoms with Crippen molar-refractivity contribution in [1.29, 1.82) is 0 Å². The summed E-state index contributed by atoms with van der Waals surface area (Å²) < 4.78 is 2.34. The van der Waals surface area contributed by atoms with Crippen LogP contribution < -0.4 is 0 Å². The Balaban J connectivity index is 2.54. The average molecular weight is 142 g/mol. The molecule has 1 aliphatic heterocycles. The quantitative estimate of drug-likeness (QED) is 0.415. The van der Waals surface area contributed by atoms with Crippen molar-refractivity contribution in [3.8, 4) is 0 Å². The van der Waals surface area contributed by atoms with Gasteiger partial charge in [0.15, 0.2) is 13.1 Å². The van der Waals surface area contributed by atoms with Crippen molar-refractivity contribution >= 4 is 16.8 Å². The fourth-order valence-corrected chi connectivity index (χ4v) is 1.88. The summed E-state index contributed by atoms with van der Waals surface area (Å²) in [6.45, 7) is 8.07. The minimum absolute atomic E-state index is 1.01. The van der Waals surface area contributed by atoms with Crippen LogP contribution in [0.3, 0.4) is 0 Å². The van der Waals surface area contributed by atoms with Crippen molar-refractivity contribution in [3.05, 3.63) is 12.7 Å². The molecule has 0 spiro atoms. The molecule has 2 heteroatoms. The molecule has 9 heavy (non-hydrogen) atoms. The molecular formula is C7H12NS+. The van der Waals surface area contributed by atoms with Gasteiger partial charge in [0.1, 0.15) is 0 Å². The van der Waals surface area contributed by atoms with Crippen LogP contribution in [-0.2, 0) is 0 Å². The van der Waals surface area contributed by atoms with Crippen LogP contribution in [-0.4, -0.2) is 28.5 Å². The van der Waals surface area contributed by atoms with Gasteiger partial charge in [0.05, 0.1) is 5.75 Å². The van der Waals surface area contributed by atoms with Crippen LogP contribution in [0.5, 0.6) is 0 Å². The maximum absolute atomic E-state index is 3.69. The molecule has 0 saturated carbocycles. The summed E-state index contributed by atoms with van der Waals surface area (Å²) in [6, 6.07) is 0. The van der Waals surface area contributed by atoms with Gasteiger partial charge in [-0.25, -0.2) is 4.58 Å². The van der Waals surface area contributed by atoms with Crippen molar-refractivity contribution in [2.45, 2.75) is 6.92 Å². The van der Waals surface area contributed by atoms with Gasteiger partial charge in [-0.3, -0.25) is 0 Å². The molecular weight excluding hydrogens is 130 g/mol. The highest BCUT2D eigenvalue weighted by Gasteiger charge is 2.16. The standard InChI is InChI=1S/C7H12NS/c1-3-4-8-5-6-9-7(8)2/h3H,1,4-6H2,2H3/q+1. The Morgan fingerprint density at radius 2 is 2.67 bits per heavy atom. The minimum Gasteiger partial charge on any atom is -0.224 e. The lowest BCUT2D eigenvalue weighted by Crippen LogP contribution is -2.12. The maximum Gasteiger partial charge on any atom is 0.207 e. The maximum atomic E-state index is 3.69. The highest BCUT2D eigenvalue weighted by atomic mass is 32.2. The lowest BCUT2D eigenvalue weighted by molar-refractivity contribution is -0.507. The summed E-state index contributed by atoms with van der Waals surface area (Å²) in [5, 5.41) is 1.44. The molecule has 0 fully saturated rings. The van der Waals surface area contributed by atoms with Gasteiger partial charge in [0, 0.05) is 6.92 Å². The Hall–Kier alpha value is -0.240. The summed E-state index contributed by atoms with van der Waals surface area (Å²) in [5.41, 5.74) is 0. The first kappa shape index (κ1) is 6.87. The first-order valence-electron chi connectivity index (χ1n) is 3.17.